The standard InChI is InChI=1S/C39H76NO7P/c1-3-5-7-9-11-13-15-17-19-20-22-24-26-28-30-32-39(41)47-38(37-46-48(42,43)45-35-33-40)36-44-34-31-29-27-25-23-21-18-16-14-12-10-8-6-4-2/h13,15,31,34,38H,3-12,14,16-30,32-33,35-37,40H2,1-2H3,(H,42,43). The van der Waals surface area contributed by atoms with Crippen molar-refractivity contribution in [2.24, 2.45) is 5.73 Å². The fraction of sp³-hybridized carbons (Fsp3) is 0.872. The predicted octanol–water partition coefficient (Wildman–Crippen LogP) is 11.6. The van der Waals surface area contributed by atoms with E-state index in [1.54, 1.807) is 6.26 Å². The molecule has 0 aromatic rings. The second-order valence-electron chi connectivity index (χ2n) is 13.2. The van der Waals surface area contributed by atoms with Gasteiger partial charge < -0.3 is 20.1 Å². The van der Waals surface area contributed by atoms with Crippen LogP contribution in [0.15, 0.2) is 24.5 Å². The van der Waals surface area contributed by atoms with Crippen molar-refractivity contribution < 1.29 is 32.8 Å². The molecule has 0 saturated carbocycles. The average molecular weight is 702 g/mol. The molecule has 0 aliphatic rings. The Kier molecular flexibility index (Phi) is 36.2. The first-order chi connectivity index (χ1) is 23.4. The molecule has 0 heterocycles. The molecule has 0 amide bonds. The maximum absolute atomic E-state index is 12.5. The van der Waals surface area contributed by atoms with Gasteiger partial charge in [-0.15, -0.1) is 0 Å². The summed E-state index contributed by atoms with van der Waals surface area (Å²) in [5, 5.41) is 0. The van der Waals surface area contributed by atoms with Crippen molar-refractivity contribution in [1.29, 1.82) is 0 Å². The zero-order valence-electron chi connectivity index (χ0n) is 31.2. The minimum absolute atomic E-state index is 0.0334. The number of unbranched alkanes of at least 4 members (excludes halogenated alkanes) is 23. The van der Waals surface area contributed by atoms with Crippen molar-refractivity contribution in [1.82, 2.24) is 0 Å². The van der Waals surface area contributed by atoms with E-state index in [2.05, 4.69) is 26.0 Å². The number of hydrogen-bond acceptors (Lipinski definition) is 7. The minimum Gasteiger partial charge on any atom is -0.498 e. The lowest BCUT2D eigenvalue weighted by atomic mass is 10.0. The first-order valence-corrected chi connectivity index (χ1v) is 21.4. The maximum atomic E-state index is 12.5. The quantitative estimate of drug-likeness (QED) is 0.0215. The number of ether oxygens (including phenoxy) is 2. The number of nitrogens with two attached hydrogens (primary N) is 1. The van der Waals surface area contributed by atoms with Gasteiger partial charge in [0.1, 0.15) is 6.61 Å². The van der Waals surface area contributed by atoms with Crippen LogP contribution in [0.5, 0.6) is 0 Å². The van der Waals surface area contributed by atoms with Gasteiger partial charge >= 0.3 is 13.8 Å². The fourth-order valence-corrected chi connectivity index (χ4v) is 6.25. The number of hydrogen-bond donors (Lipinski definition) is 2. The van der Waals surface area contributed by atoms with Crippen molar-refractivity contribution in [3.8, 4) is 0 Å². The van der Waals surface area contributed by atoms with Gasteiger partial charge in [-0.05, 0) is 51.0 Å². The van der Waals surface area contributed by atoms with Crippen molar-refractivity contribution >= 4 is 13.8 Å². The highest BCUT2D eigenvalue weighted by atomic mass is 31.2. The summed E-state index contributed by atoms with van der Waals surface area (Å²) in [4.78, 5) is 22.4. The molecule has 0 bridgehead atoms. The van der Waals surface area contributed by atoms with Crippen molar-refractivity contribution in [2.75, 3.05) is 26.4 Å². The van der Waals surface area contributed by atoms with E-state index >= 15 is 0 Å². The summed E-state index contributed by atoms with van der Waals surface area (Å²) in [6.07, 6.45) is 39.9. The normalized spacial score (nSPS) is 13.8. The van der Waals surface area contributed by atoms with E-state index in [-0.39, 0.29) is 32.3 Å². The molecule has 0 radical (unpaired) electrons. The van der Waals surface area contributed by atoms with Crippen LogP contribution >= 0.6 is 7.82 Å². The zero-order chi connectivity index (χ0) is 35.2. The summed E-state index contributed by atoms with van der Waals surface area (Å²) in [5.74, 6) is -0.357. The number of allylic oxidation sites excluding steroid dienone is 3. The Morgan fingerprint density at radius 1 is 0.625 bits per heavy atom. The van der Waals surface area contributed by atoms with Crippen LogP contribution in [0.4, 0.5) is 0 Å². The molecule has 0 aliphatic heterocycles. The van der Waals surface area contributed by atoms with Crippen molar-refractivity contribution in [3.05, 3.63) is 24.5 Å². The van der Waals surface area contributed by atoms with E-state index in [1.807, 2.05) is 6.08 Å². The first kappa shape index (κ1) is 46.8. The molecule has 0 saturated heterocycles. The van der Waals surface area contributed by atoms with Gasteiger partial charge in [0, 0.05) is 13.0 Å². The molecular formula is C39H76NO7P. The molecule has 8 nitrogen and oxygen atoms in total. The van der Waals surface area contributed by atoms with Gasteiger partial charge in [-0.3, -0.25) is 13.8 Å². The van der Waals surface area contributed by atoms with E-state index in [0.717, 1.165) is 32.1 Å². The average Bonchev–Trinajstić information content (AvgIpc) is 3.07. The van der Waals surface area contributed by atoms with Crippen LogP contribution in [-0.2, 0) is 27.9 Å². The van der Waals surface area contributed by atoms with E-state index in [0.29, 0.717) is 6.42 Å². The molecule has 0 aliphatic carbocycles. The molecule has 2 atom stereocenters. The molecule has 0 fully saturated rings. The van der Waals surface area contributed by atoms with Gasteiger partial charge in [-0.2, -0.15) is 0 Å². The van der Waals surface area contributed by atoms with Gasteiger partial charge in [0.2, 0.25) is 0 Å². The van der Waals surface area contributed by atoms with Gasteiger partial charge in [0.05, 0.1) is 19.5 Å². The summed E-state index contributed by atoms with van der Waals surface area (Å²) in [6.45, 7) is 4.23. The number of phosphoric ester groups is 1. The molecule has 0 spiro atoms. The van der Waals surface area contributed by atoms with E-state index < -0.39 is 13.9 Å². The van der Waals surface area contributed by atoms with Crippen LogP contribution < -0.4 is 5.73 Å². The Hall–Kier alpha value is -1.18. The molecule has 3 N–H and O–H groups in total. The molecule has 0 aromatic heterocycles. The number of esters is 1. The monoisotopic (exact) mass is 702 g/mol. The van der Waals surface area contributed by atoms with Crippen LogP contribution in [0.2, 0.25) is 0 Å². The topological polar surface area (TPSA) is 117 Å². The van der Waals surface area contributed by atoms with Crippen molar-refractivity contribution in [2.45, 2.75) is 193 Å². The van der Waals surface area contributed by atoms with Crippen LogP contribution in [0.3, 0.4) is 0 Å². The first-order valence-electron chi connectivity index (χ1n) is 19.9. The summed E-state index contributed by atoms with van der Waals surface area (Å²) >= 11 is 0. The second-order valence-corrected chi connectivity index (χ2v) is 14.7. The molecule has 0 aromatic carbocycles. The Labute approximate surface area is 296 Å². The number of carbonyl (C=O) groups excluding carboxylic acids is 1. The Morgan fingerprint density at radius 2 is 1.06 bits per heavy atom. The van der Waals surface area contributed by atoms with Gasteiger partial charge in [-0.25, -0.2) is 4.57 Å². The summed E-state index contributed by atoms with van der Waals surface area (Å²) in [6, 6.07) is 0. The highest BCUT2D eigenvalue weighted by Crippen LogP contribution is 2.43. The SMILES string of the molecule is CCCCCCC=CCCCCCCCCCC(=O)OC(COC=CCCCCCCCCCCCCCC)COP(=O)(O)OCCN. The largest absolute Gasteiger partial charge is 0.498 e. The zero-order valence-corrected chi connectivity index (χ0v) is 32.1. The smallest absolute Gasteiger partial charge is 0.472 e. The number of rotatable bonds is 38. The van der Waals surface area contributed by atoms with E-state index in [4.69, 9.17) is 24.3 Å². The molecule has 0 rings (SSSR count). The molecular weight excluding hydrogens is 625 g/mol. The lowest BCUT2D eigenvalue weighted by Crippen LogP contribution is -2.27. The van der Waals surface area contributed by atoms with Gasteiger partial charge in [0.15, 0.2) is 6.10 Å². The van der Waals surface area contributed by atoms with Crippen molar-refractivity contribution in [3.63, 3.8) is 0 Å². The summed E-state index contributed by atoms with van der Waals surface area (Å²) in [7, 11) is -4.28. The minimum atomic E-state index is -4.28. The van der Waals surface area contributed by atoms with E-state index in [1.165, 1.54) is 135 Å². The van der Waals surface area contributed by atoms with Gasteiger partial charge in [-0.1, -0.05) is 148 Å². The van der Waals surface area contributed by atoms with E-state index in [9.17, 15) is 14.3 Å². The predicted molar refractivity (Wildman–Crippen MR) is 201 cm³/mol. The van der Waals surface area contributed by atoms with Crippen LogP contribution in [0.1, 0.15) is 187 Å². The van der Waals surface area contributed by atoms with Crippen LogP contribution in [-0.4, -0.2) is 43.3 Å². The third-order valence-electron chi connectivity index (χ3n) is 8.44. The van der Waals surface area contributed by atoms with Gasteiger partial charge in [0.25, 0.3) is 0 Å². The Bertz CT molecular complexity index is 792. The number of carbonyl (C=O) groups is 1. The highest BCUT2D eigenvalue weighted by Gasteiger charge is 2.25. The Balaban J connectivity index is 4.12. The third kappa shape index (κ3) is 36.1. The molecule has 2 unspecified atom stereocenters. The summed E-state index contributed by atoms with van der Waals surface area (Å²) < 4.78 is 33.1. The summed E-state index contributed by atoms with van der Waals surface area (Å²) in [5.41, 5.74) is 5.35. The lowest BCUT2D eigenvalue weighted by molar-refractivity contribution is -0.153. The number of phosphoric acid groups is 1. The molecule has 9 heteroatoms. The van der Waals surface area contributed by atoms with Crippen LogP contribution in [0.25, 0.3) is 0 Å². The highest BCUT2D eigenvalue weighted by molar-refractivity contribution is 7.47. The lowest BCUT2D eigenvalue weighted by Gasteiger charge is -2.19. The molecule has 284 valence electrons. The van der Waals surface area contributed by atoms with Crippen LogP contribution in [0, 0.1) is 0 Å². The fourth-order valence-electron chi connectivity index (χ4n) is 5.49. The Morgan fingerprint density at radius 3 is 1.56 bits per heavy atom. The maximum Gasteiger partial charge on any atom is 0.472 e. The molecule has 48 heavy (non-hydrogen) atoms. The second kappa shape index (κ2) is 37.1. The third-order valence-corrected chi connectivity index (χ3v) is 9.42.